The SMILES string of the molecule is CCCCOc1cccc(/C(O)=C2\C(=O)C(=O)N(CCCN3CCOCC3)C2c2cccc(Oc3ccccc3)c2)c1. The maximum atomic E-state index is 13.6. The molecule has 2 fully saturated rings. The van der Waals surface area contributed by atoms with Crippen molar-refractivity contribution in [3.8, 4) is 17.2 Å². The highest BCUT2D eigenvalue weighted by atomic mass is 16.5. The molecule has 1 N–H and O–H groups in total. The van der Waals surface area contributed by atoms with E-state index in [2.05, 4.69) is 11.8 Å². The molecule has 220 valence electrons. The van der Waals surface area contributed by atoms with Gasteiger partial charge in [-0.3, -0.25) is 14.5 Å². The monoisotopic (exact) mass is 570 g/mol. The number of carbonyl (C=O) groups is 2. The second-order valence-corrected chi connectivity index (χ2v) is 10.5. The van der Waals surface area contributed by atoms with E-state index in [0.29, 0.717) is 61.2 Å². The lowest BCUT2D eigenvalue weighted by Gasteiger charge is -2.29. The highest BCUT2D eigenvalue weighted by molar-refractivity contribution is 6.46. The first kappa shape index (κ1) is 29.4. The molecule has 0 saturated carbocycles. The molecule has 0 radical (unpaired) electrons. The number of morpholine rings is 1. The molecule has 42 heavy (non-hydrogen) atoms. The summed E-state index contributed by atoms with van der Waals surface area (Å²) in [5.74, 6) is 0.313. The third-order valence-electron chi connectivity index (χ3n) is 7.54. The number of rotatable bonds is 12. The second kappa shape index (κ2) is 14.2. The van der Waals surface area contributed by atoms with E-state index in [1.54, 1.807) is 23.1 Å². The first-order valence-corrected chi connectivity index (χ1v) is 14.7. The minimum absolute atomic E-state index is 0.0638. The van der Waals surface area contributed by atoms with Crippen molar-refractivity contribution < 1.29 is 28.9 Å². The van der Waals surface area contributed by atoms with Crippen molar-refractivity contribution in [2.24, 2.45) is 0 Å². The van der Waals surface area contributed by atoms with Crippen LogP contribution < -0.4 is 9.47 Å². The van der Waals surface area contributed by atoms with Gasteiger partial charge in [-0.2, -0.15) is 0 Å². The van der Waals surface area contributed by atoms with Crippen LogP contribution in [-0.4, -0.2) is 72.6 Å². The summed E-state index contributed by atoms with van der Waals surface area (Å²) in [5.41, 5.74) is 1.18. The maximum Gasteiger partial charge on any atom is 0.295 e. The van der Waals surface area contributed by atoms with Crippen molar-refractivity contribution in [1.29, 1.82) is 0 Å². The highest BCUT2D eigenvalue weighted by Gasteiger charge is 2.46. The highest BCUT2D eigenvalue weighted by Crippen LogP contribution is 2.41. The molecular formula is C34H38N2O6. The van der Waals surface area contributed by atoms with Gasteiger partial charge < -0.3 is 24.2 Å². The Morgan fingerprint density at radius 1 is 0.881 bits per heavy atom. The minimum atomic E-state index is -0.765. The van der Waals surface area contributed by atoms with Crippen LogP contribution in [0.5, 0.6) is 17.2 Å². The van der Waals surface area contributed by atoms with Crippen LogP contribution >= 0.6 is 0 Å². The van der Waals surface area contributed by atoms with Crippen LogP contribution in [0.25, 0.3) is 5.76 Å². The molecule has 0 aliphatic carbocycles. The summed E-state index contributed by atoms with van der Waals surface area (Å²) >= 11 is 0. The van der Waals surface area contributed by atoms with Crippen molar-refractivity contribution >= 4 is 17.4 Å². The van der Waals surface area contributed by atoms with E-state index in [1.807, 2.05) is 60.7 Å². The third-order valence-corrected chi connectivity index (χ3v) is 7.54. The number of ether oxygens (including phenoxy) is 3. The smallest absolute Gasteiger partial charge is 0.295 e. The molecule has 5 rings (SSSR count). The average molecular weight is 571 g/mol. The molecule has 2 aliphatic rings. The van der Waals surface area contributed by atoms with E-state index in [9.17, 15) is 14.7 Å². The predicted octanol–water partition coefficient (Wildman–Crippen LogP) is 5.80. The van der Waals surface area contributed by atoms with Gasteiger partial charge in [-0.15, -0.1) is 0 Å². The normalized spacial score (nSPS) is 18.8. The lowest BCUT2D eigenvalue weighted by Crippen LogP contribution is -2.38. The minimum Gasteiger partial charge on any atom is -0.507 e. The first-order chi connectivity index (χ1) is 20.5. The molecule has 0 bridgehead atoms. The van der Waals surface area contributed by atoms with Crippen molar-refractivity contribution in [1.82, 2.24) is 9.80 Å². The lowest BCUT2D eigenvalue weighted by atomic mass is 9.95. The fourth-order valence-corrected chi connectivity index (χ4v) is 5.34. The number of hydrogen-bond donors (Lipinski definition) is 1. The number of aliphatic hydroxyl groups excluding tert-OH is 1. The molecule has 1 amide bonds. The fourth-order valence-electron chi connectivity index (χ4n) is 5.34. The number of Topliss-reactive ketones (excluding diaryl/α,β-unsaturated/α-hetero) is 1. The topological polar surface area (TPSA) is 88.5 Å². The Morgan fingerprint density at radius 3 is 2.40 bits per heavy atom. The quantitative estimate of drug-likeness (QED) is 0.127. The molecule has 3 aromatic carbocycles. The molecule has 1 unspecified atom stereocenters. The molecule has 2 heterocycles. The molecule has 0 aromatic heterocycles. The lowest BCUT2D eigenvalue weighted by molar-refractivity contribution is -0.140. The number of amides is 1. The molecule has 2 saturated heterocycles. The van der Waals surface area contributed by atoms with Crippen molar-refractivity contribution in [2.75, 3.05) is 46.0 Å². The van der Waals surface area contributed by atoms with E-state index in [4.69, 9.17) is 14.2 Å². The van der Waals surface area contributed by atoms with Gasteiger partial charge in [0.1, 0.15) is 23.0 Å². The van der Waals surface area contributed by atoms with Gasteiger partial charge in [0.25, 0.3) is 11.7 Å². The molecule has 8 heteroatoms. The third kappa shape index (κ3) is 7.01. The number of benzene rings is 3. The number of para-hydroxylation sites is 1. The summed E-state index contributed by atoms with van der Waals surface area (Å²) in [7, 11) is 0. The number of hydrogen-bond acceptors (Lipinski definition) is 7. The molecule has 1 atom stereocenters. The zero-order valence-corrected chi connectivity index (χ0v) is 24.0. The first-order valence-electron chi connectivity index (χ1n) is 14.7. The van der Waals surface area contributed by atoms with Gasteiger partial charge in [0.05, 0.1) is 31.4 Å². The van der Waals surface area contributed by atoms with Gasteiger partial charge in [-0.05, 0) is 54.8 Å². The number of aliphatic hydroxyl groups is 1. The van der Waals surface area contributed by atoms with Gasteiger partial charge in [-0.1, -0.05) is 55.8 Å². The van der Waals surface area contributed by atoms with Crippen LogP contribution in [0.1, 0.15) is 43.4 Å². The molecular weight excluding hydrogens is 532 g/mol. The maximum absolute atomic E-state index is 13.6. The average Bonchev–Trinajstić information content (AvgIpc) is 3.27. The van der Waals surface area contributed by atoms with E-state index < -0.39 is 17.7 Å². The van der Waals surface area contributed by atoms with Gasteiger partial charge in [-0.25, -0.2) is 0 Å². The van der Waals surface area contributed by atoms with Gasteiger partial charge in [0.15, 0.2) is 0 Å². The zero-order chi connectivity index (χ0) is 29.3. The van der Waals surface area contributed by atoms with E-state index in [-0.39, 0.29) is 11.3 Å². The van der Waals surface area contributed by atoms with E-state index in [1.165, 1.54) is 0 Å². The van der Waals surface area contributed by atoms with E-state index in [0.717, 1.165) is 32.5 Å². The summed E-state index contributed by atoms with van der Waals surface area (Å²) in [6.45, 7) is 6.88. The number of ketones is 1. The van der Waals surface area contributed by atoms with Crippen LogP contribution in [0, 0.1) is 0 Å². The Morgan fingerprint density at radius 2 is 1.62 bits per heavy atom. The van der Waals surface area contributed by atoms with Crippen molar-refractivity contribution in [3.05, 3.63) is 95.6 Å². The summed E-state index contributed by atoms with van der Waals surface area (Å²) in [4.78, 5) is 30.9. The summed E-state index contributed by atoms with van der Waals surface area (Å²) in [5, 5.41) is 11.6. The summed E-state index contributed by atoms with van der Waals surface area (Å²) in [6.07, 6.45) is 2.60. The number of likely N-dealkylation sites (tertiary alicyclic amines) is 1. The Hall–Kier alpha value is -4.14. The Labute approximate surface area is 247 Å². The van der Waals surface area contributed by atoms with Gasteiger partial charge >= 0.3 is 0 Å². The van der Waals surface area contributed by atoms with Crippen LogP contribution in [0.3, 0.4) is 0 Å². The number of nitrogens with zero attached hydrogens (tertiary/aromatic N) is 2. The van der Waals surface area contributed by atoms with Crippen molar-refractivity contribution in [3.63, 3.8) is 0 Å². The molecule has 3 aromatic rings. The van der Waals surface area contributed by atoms with Crippen LogP contribution in [-0.2, 0) is 14.3 Å². The van der Waals surface area contributed by atoms with E-state index >= 15 is 0 Å². The Kier molecular flexibility index (Phi) is 9.90. The molecule has 2 aliphatic heterocycles. The van der Waals surface area contributed by atoms with Crippen molar-refractivity contribution in [2.45, 2.75) is 32.2 Å². The fraction of sp³-hybridized carbons (Fsp3) is 0.353. The summed E-state index contributed by atoms with van der Waals surface area (Å²) < 4.78 is 17.4. The number of unbranched alkanes of at least 4 members (excludes halogenated alkanes) is 1. The summed E-state index contributed by atoms with van der Waals surface area (Å²) in [6, 6.07) is 23.0. The Bertz CT molecular complexity index is 1400. The van der Waals surface area contributed by atoms with Gasteiger partial charge in [0.2, 0.25) is 0 Å². The Balaban J connectivity index is 1.48. The standard InChI is InChI=1S/C34H38N2O6/c1-2-3-20-41-28-14-8-11-26(24-28)32(37)30-31(25-10-7-15-29(23-25)42-27-12-5-4-6-13-27)36(34(39)33(30)38)17-9-16-35-18-21-40-22-19-35/h4-8,10-15,23-24,31,37H,2-3,9,16-22H2,1H3/b32-30+. The van der Waals surface area contributed by atoms with Gasteiger partial charge in [0, 0.05) is 31.7 Å². The van der Waals surface area contributed by atoms with Crippen LogP contribution in [0.15, 0.2) is 84.4 Å². The second-order valence-electron chi connectivity index (χ2n) is 10.5. The molecule has 8 nitrogen and oxygen atoms in total. The largest absolute Gasteiger partial charge is 0.507 e. The predicted molar refractivity (Wildman–Crippen MR) is 161 cm³/mol. The molecule has 0 spiro atoms. The number of carbonyl (C=O) groups excluding carboxylic acids is 2. The zero-order valence-electron chi connectivity index (χ0n) is 24.0. The van der Waals surface area contributed by atoms with Crippen LogP contribution in [0.2, 0.25) is 0 Å². The van der Waals surface area contributed by atoms with Crippen LogP contribution in [0.4, 0.5) is 0 Å².